The zero-order valence-corrected chi connectivity index (χ0v) is 13.5. The van der Waals surface area contributed by atoms with Crippen LogP contribution in [0.15, 0.2) is 35.6 Å². The van der Waals surface area contributed by atoms with Crippen molar-refractivity contribution in [1.29, 1.82) is 0 Å². The van der Waals surface area contributed by atoms with Crippen molar-refractivity contribution >= 4 is 5.57 Å². The van der Waals surface area contributed by atoms with Gasteiger partial charge in [-0.3, -0.25) is 0 Å². The Morgan fingerprint density at radius 3 is 2.81 bits per heavy atom. The Bertz CT molecular complexity index is 520. The molecule has 1 aromatic carbocycles. The molecule has 0 heterocycles. The number of hydrogen-bond acceptors (Lipinski definition) is 1. The maximum Gasteiger partial charge on any atom is 0.0823 e. The van der Waals surface area contributed by atoms with E-state index >= 15 is 0 Å². The van der Waals surface area contributed by atoms with Gasteiger partial charge in [0.25, 0.3) is 0 Å². The van der Waals surface area contributed by atoms with E-state index in [2.05, 4.69) is 43.8 Å². The lowest BCUT2D eigenvalue weighted by Crippen LogP contribution is -2.07. The van der Waals surface area contributed by atoms with E-state index in [9.17, 15) is 5.11 Å². The molecule has 1 aliphatic carbocycles. The van der Waals surface area contributed by atoms with Gasteiger partial charge in [0.1, 0.15) is 0 Å². The summed E-state index contributed by atoms with van der Waals surface area (Å²) in [5.74, 6) is 0. The van der Waals surface area contributed by atoms with E-state index in [0.717, 1.165) is 31.3 Å². The highest BCUT2D eigenvalue weighted by Crippen LogP contribution is 2.27. The predicted molar refractivity (Wildman–Crippen MR) is 90.2 cm³/mol. The lowest BCUT2D eigenvalue weighted by molar-refractivity contribution is 0.199. The third-order valence-electron chi connectivity index (χ3n) is 4.39. The third-order valence-corrected chi connectivity index (χ3v) is 4.39. The topological polar surface area (TPSA) is 20.2 Å². The zero-order valence-electron chi connectivity index (χ0n) is 13.5. The average molecular weight is 284 g/mol. The molecular formula is C20H28O. The number of unbranched alkanes of at least 4 members (excludes halogenated alkanes) is 1. The van der Waals surface area contributed by atoms with E-state index in [4.69, 9.17) is 0 Å². The fourth-order valence-corrected chi connectivity index (χ4v) is 3.04. The van der Waals surface area contributed by atoms with Gasteiger partial charge in [0.2, 0.25) is 0 Å². The second-order valence-electron chi connectivity index (χ2n) is 6.16. The van der Waals surface area contributed by atoms with Gasteiger partial charge in [-0.1, -0.05) is 50.5 Å². The summed E-state index contributed by atoms with van der Waals surface area (Å²) >= 11 is 0. The first-order chi connectivity index (χ1) is 10.2. The van der Waals surface area contributed by atoms with Crippen LogP contribution in [0, 0.1) is 6.92 Å². The molecular weight excluding hydrogens is 256 g/mol. The Morgan fingerprint density at radius 1 is 1.24 bits per heavy atom. The monoisotopic (exact) mass is 284 g/mol. The van der Waals surface area contributed by atoms with Crippen molar-refractivity contribution in [3.05, 3.63) is 46.7 Å². The van der Waals surface area contributed by atoms with Crippen molar-refractivity contribution in [3.8, 4) is 0 Å². The summed E-state index contributed by atoms with van der Waals surface area (Å²) in [6.45, 7) is 4.39. The first-order valence-electron chi connectivity index (χ1n) is 8.45. The molecule has 0 radical (unpaired) electrons. The molecule has 1 fully saturated rings. The number of benzene rings is 1. The Kier molecular flexibility index (Phi) is 6.29. The molecule has 1 nitrogen and oxygen atoms in total. The average Bonchev–Trinajstić information content (AvgIpc) is 2.69. The second-order valence-corrected chi connectivity index (χ2v) is 6.16. The number of aliphatic hydroxyl groups is 1. The minimum atomic E-state index is -0.284. The molecule has 0 amide bonds. The van der Waals surface area contributed by atoms with E-state index in [1.54, 1.807) is 0 Å². The number of rotatable bonds is 4. The Morgan fingerprint density at radius 2 is 2.05 bits per heavy atom. The maximum absolute atomic E-state index is 10.3. The highest BCUT2D eigenvalue weighted by atomic mass is 16.3. The molecule has 0 spiro atoms. The van der Waals surface area contributed by atoms with Gasteiger partial charge in [0, 0.05) is 11.1 Å². The van der Waals surface area contributed by atoms with Gasteiger partial charge < -0.3 is 5.11 Å². The van der Waals surface area contributed by atoms with E-state index < -0.39 is 0 Å². The normalized spacial score (nSPS) is 19.0. The van der Waals surface area contributed by atoms with Gasteiger partial charge >= 0.3 is 0 Å². The quantitative estimate of drug-likeness (QED) is 0.578. The van der Waals surface area contributed by atoms with Crippen molar-refractivity contribution in [3.63, 3.8) is 0 Å². The summed E-state index contributed by atoms with van der Waals surface area (Å²) < 4.78 is 0. The number of aryl methyl sites for hydroxylation is 1. The van der Waals surface area contributed by atoms with Crippen LogP contribution in [0.2, 0.25) is 0 Å². The fourth-order valence-electron chi connectivity index (χ4n) is 3.04. The van der Waals surface area contributed by atoms with Gasteiger partial charge in [0.05, 0.1) is 6.10 Å². The molecule has 0 saturated heterocycles. The van der Waals surface area contributed by atoms with E-state index in [1.807, 2.05) is 0 Å². The lowest BCUT2D eigenvalue weighted by Gasteiger charge is -2.12. The molecule has 21 heavy (non-hydrogen) atoms. The SMILES string of the molecule is CCCCC(=C=C1CCCCC[C@H]1O)c1ccccc1C. The highest BCUT2D eigenvalue weighted by molar-refractivity contribution is 5.68. The van der Waals surface area contributed by atoms with Crippen LogP contribution in [-0.2, 0) is 0 Å². The van der Waals surface area contributed by atoms with Crippen molar-refractivity contribution in [2.45, 2.75) is 71.3 Å². The lowest BCUT2D eigenvalue weighted by atomic mass is 9.95. The molecule has 1 aliphatic rings. The van der Waals surface area contributed by atoms with Crippen molar-refractivity contribution < 1.29 is 5.11 Å². The van der Waals surface area contributed by atoms with Gasteiger partial charge in [-0.25, -0.2) is 0 Å². The molecule has 2 rings (SSSR count). The van der Waals surface area contributed by atoms with Crippen molar-refractivity contribution in [2.75, 3.05) is 0 Å². The van der Waals surface area contributed by atoms with Crippen LogP contribution in [0.25, 0.3) is 5.57 Å². The predicted octanol–water partition coefficient (Wildman–Crippen LogP) is 5.42. The van der Waals surface area contributed by atoms with Gasteiger partial charge in [-0.2, -0.15) is 0 Å². The van der Waals surface area contributed by atoms with Crippen LogP contribution in [0.4, 0.5) is 0 Å². The Hall–Kier alpha value is -1.30. The van der Waals surface area contributed by atoms with E-state index in [-0.39, 0.29) is 6.10 Å². The zero-order chi connectivity index (χ0) is 15.1. The van der Waals surface area contributed by atoms with Crippen LogP contribution >= 0.6 is 0 Å². The molecule has 1 heteroatoms. The van der Waals surface area contributed by atoms with Gasteiger partial charge in [0.15, 0.2) is 0 Å². The molecule has 0 bridgehead atoms. The minimum absolute atomic E-state index is 0.284. The number of hydrogen-bond donors (Lipinski definition) is 1. The molecule has 1 saturated carbocycles. The molecule has 1 N–H and O–H groups in total. The van der Waals surface area contributed by atoms with E-state index in [1.165, 1.54) is 42.4 Å². The van der Waals surface area contributed by atoms with Crippen LogP contribution in [0.5, 0.6) is 0 Å². The minimum Gasteiger partial charge on any atom is -0.388 e. The first-order valence-corrected chi connectivity index (χ1v) is 8.45. The van der Waals surface area contributed by atoms with Crippen LogP contribution in [0.1, 0.15) is 69.4 Å². The highest BCUT2D eigenvalue weighted by Gasteiger charge is 2.15. The molecule has 114 valence electrons. The van der Waals surface area contributed by atoms with Crippen molar-refractivity contribution in [1.82, 2.24) is 0 Å². The summed E-state index contributed by atoms with van der Waals surface area (Å²) in [7, 11) is 0. The van der Waals surface area contributed by atoms with Crippen molar-refractivity contribution in [2.24, 2.45) is 0 Å². The van der Waals surface area contributed by atoms with Gasteiger partial charge in [-0.15, -0.1) is 5.73 Å². The van der Waals surface area contributed by atoms with Crippen LogP contribution in [0.3, 0.4) is 0 Å². The fraction of sp³-hybridized carbons (Fsp3) is 0.550. The molecule has 1 aromatic rings. The van der Waals surface area contributed by atoms with Crippen LogP contribution in [-0.4, -0.2) is 11.2 Å². The largest absolute Gasteiger partial charge is 0.388 e. The summed E-state index contributed by atoms with van der Waals surface area (Å²) in [4.78, 5) is 0. The Balaban J connectivity index is 2.43. The summed E-state index contributed by atoms with van der Waals surface area (Å²) in [5.41, 5.74) is 8.64. The second kappa shape index (κ2) is 8.22. The molecule has 1 atom stereocenters. The van der Waals surface area contributed by atoms with Crippen LogP contribution < -0.4 is 0 Å². The maximum atomic E-state index is 10.3. The summed E-state index contributed by atoms with van der Waals surface area (Å²) in [5, 5.41) is 10.3. The van der Waals surface area contributed by atoms with E-state index in [0.29, 0.717) is 0 Å². The third kappa shape index (κ3) is 4.59. The molecule has 0 unspecified atom stereocenters. The van der Waals surface area contributed by atoms with Gasteiger partial charge in [-0.05, 0) is 50.2 Å². The summed E-state index contributed by atoms with van der Waals surface area (Å²) in [6, 6.07) is 8.54. The summed E-state index contributed by atoms with van der Waals surface area (Å²) in [6.07, 6.45) is 8.60. The smallest absolute Gasteiger partial charge is 0.0823 e. The first kappa shape index (κ1) is 16.1. The molecule has 0 aromatic heterocycles. The standard InChI is InChI=1S/C20H28O/c1-3-4-11-17(19-13-9-8-10-16(19)2)15-18-12-6-5-7-14-20(18)21/h8-10,13,20-21H,3-7,11-12,14H2,1-2H3/t15?,20-/m1/s1. The Labute approximate surface area is 129 Å². The molecule has 0 aliphatic heterocycles. The number of aliphatic hydroxyl groups excluding tert-OH is 1.